The van der Waals surface area contributed by atoms with Gasteiger partial charge in [0.2, 0.25) is 0 Å². The van der Waals surface area contributed by atoms with Crippen LogP contribution in [0.1, 0.15) is 28.9 Å². The quantitative estimate of drug-likeness (QED) is 0.752. The van der Waals surface area contributed by atoms with Gasteiger partial charge in [-0.1, -0.05) is 11.6 Å². The third-order valence-electron chi connectivity index (χ3n) is 5.77. The molecule has 2 aliphatic rings. The molecule has 0 saturated heterocycles. The number of primary amides is 1. The van der Waals surface area contributed by atoms with Crippen LogP contribution in [0.3, 0.4) is 0 Å². The highest BCUT2D eigenvalue weighted by Gasteiger charge is 2.32. The number of benzene rings is 1. The maximum absolute atomic E-state index is 13.5. The van der Waals surface area contributed by atoms with E-state index in [9.17, 15) is 14.0 Å². The molecule has 0 radical (unpaired) electrons. The lowest BCUT2D eigenvalue weighted by Crippen LogP contribution is -2.47. The van der Waals surface area contributed by atoms with Gasteiger partial charge in [0.15, 0.2) is 0 Å². The summed E-state index contributed by atoms with van der Waals surface area (Å²) in [5.74, 6) is -0.796. The Morgan fingerprint density at radius 1 is 1.37 bits per heavy atom. The highest BCUT2D eigenvalue weighted by atomic mass is 35.5. The molecule has 10 heteroatoms. The van der Waals surface area contributed by atoms with Crippen LogP contribution >= 0.6 is 11.6 Å². The van der Waals surface area contributed by atoms with Gasteiger partial charge in [-0.2, -0.15) is 5.10 Å². The van der Waals surface area contributed by atoms with Crippen LogP contribution < -0.4 is 11.1 Å². The third kappa shape index (κ3) is 3.87. The van der Waals surface area contributed by atoms with Gasteiger partial charge in [0.1, 0.15) is 11.5 Å². The molecule has 0 bridgehead atoms. The predicted octanol–water partition coefficient (Wildman–Crippen LogP) is 2.39. The van der Waals surface area contributed by atoms with Crippen LogP contribution in [0.4, 0.5) is 9.18 Å². The van der Waals surface area contributed by atoms with E-state index >= 15 is 0 Å². The molecule has 1 aliphatic heterocycles. The minimum absolute atomic E-state index is 0.0680. The number of nitrogens with zero attached hydrogens (tertiary/aromatic N) is 3. The van der Waals surface area contributed by atoms with Crippen molar-refractivity contribution >= 4 is 23.5 Å². The standard InChI is InChI=1S/C20H23ClFN5O3/c1-30-13-6-11(7-13)9-24-20(29)26-4-5-27-16(10-26)17(19(23)28)18(25-27)12-2-3-15(22)14(21)8-12/h2-3,8,11,13H,4-7,9-10H2,1H3,(H2,23,28)(H,24,29). The van der Waals surface area contributed by atoms with E-state index in [2.05, 4.69) is 10.4 Å². The SMILES string of the molecule is COC1CC(CNC(=O)N2CCn3nc(-c4ccc(F)c(Cl)c4)c(C(N)=O)c3C2)C1. The van der Waals surface area contributed by atoms with Crippen molar-refractivity contribution < 1.29 is 18.7 Å². The number of nitrogens with two attached hydrogens (primary N) is 1. The number of carbonyl (C=O) groups excluding carboxylic acids is 2. The molecular formula is C20H23ClFN5O3. The molecule has 1 aromatic carbocycles. The average molecular weight is 436 g/mol. The molecule has 8 nitrogen and oxygen atoms in total. The summed E-state index contributed by atoms with van der Waals surface area (Å²) in [5.41, 5.74) is 7.23. The largest absolute Gasteiger partial charge is 0.381 e. The third-order valence-corrected chi connectivity index (χ3v) is 6.06. The highest BCUT2D eigenvalue weighted by Crippen LogP contribution is 2.31. The number of halogens is 2. The van der Waals surface area contributed by atoms with E-state index in [4.69, 9.17) is 22.1 Å². The Kier molecular flexibility index (Phi) is 5.66. The Morgan fingerprint density at radius 3 is 2.80 bits per heavy atom. The van der Waals surface area contributed by atoms with E-state index in [1.807, 2.05) is 0 Å². The fourth-order valence-electron chi connectivity index (χ4n) is 3.97. The van der Waals surface area contributed by atoms with E-state index in [0.717, 1.165) is 12.8 Å². The molecule has 3 amide bonds. The van der Waals surface area contributed by atoms with Gasteiger partial charge in [0, 0.05) is 25.8 Å². The number of hydrogen-bond donors (Lipinski definition) is 2. The van der Waals surface area contributed by atoms with Crippen molar-refractivity contribution in [2.75, 3.05) is 20.2 Å². The van der Waals surface area contributed by atoms with Crippen molar-refractivity contribution in [2.24, 2.45) is 11.7 Å². The summed E-state index contributed by atoms with van der Waals surface area (Å²) in [6.07, 6.45) is 2.17. The Labute approximate surface area is 178 Å². The lowest BCUT2D eigenvalue weighted by Gasteiger charge is -2.35. The predicted molar refractivity (Wildman–Crippen MR) is 108 cm³/mol. The first-order valence-corrected chi connectivity index (χ1v) is 10.2. The number of ether oxygens (including phenoxy) is 1. The molecule has 1 aliphatic carbocycles. The normalized spacial score (nSPS) is 20.4. The summed E-state index contributed by atoms with van der Waals surface area (Å²) in [7, 11) is 1.70. The van der Waals surface area contributed by atoms with Crippen LogP contribution in [0.5, 0.6) is 0 Å². The first kappa shape index (κ1) is 20.6. The molecular weight excluding hydrogens is 413 g/mol. The van der Waals surface area contributed by atoms with E-state index in [-0.39, 0.29) is 29.3 Å². The van der Waals surface area contributed by atoms with Gasteiger partial charge in [-0.15, -0.1) is 0 Å². The van der Waals surface area contributed by atoms with Crippen LogP contribution in [0.2, 0.25) is 5.02 Å². The first-order chi connectivity index (χ1) is 14.4. The summed E-state index contributed by atoms with van der Waals surface area (Å²) in [5, 5.41) is 7.37. The molecule has 1 saturated carbocycles. The summed E-state index contributed by atoms with van der Waals surface area (Å²) < 4.78 is 20.5. The number of carbonyl (C=O) groups is 2. The zero-order valence-electron chi connectivity index (χ0n) is 16.5. The molecule has 30 heavy (non-hydrogen) atoms. The van der Waals surface area contributed by atoms with Crippen molar-refractivity contribution in [3.63, 3.8) is 0 Å². The second kappa shape index (κ2) is 8.23. The van der Waals surface area contributed by atoms with Crippen LogP contribution in [0.15, 0.2) is 18.2 Å². The minimum Gasteiger partial charge on any atom is -0.381 e. The lowest BCUT2D eigenvalue weighted by atomic mass is 9.82. The highest BCUT2D eigenvalue weighted by molar-refractivity contribution is 6.31. The van der Waals surface area contributed by atoms with Crippen molar-refractivity contribution in [1.82, 2.24) is 20.0 Å². The number of hydrogen-bond acceptors (Lipinski definition) is 4. The summed E-state index contributed by atoms with van der Waals surface area (Å²) in [6.45, 7) is 1.68. The van der Waals surface area contributed by atoms with Gasteiger partial charge in [-0.3, -0.25) is 9.48 Å². The molecule has 0 atom stereocenters. The molecule has 0 spiro atoms. The maximum Gasteiger partial charge on any atom is 0.317 e. The molecule has 0 unspecified atom stereocenters. The van der Waals surface area contributed by atoms with Gasteiger partial charge in [-0.05, 0) is 37.0 Å². The fraction of sp³-hybridized carbons (Fsp3) is 0.450. The molecule has 160 valence electrons. The van der Waals surface area contributed by atoms with Crippen molar-refractivity contribution in [3.05, 3.63) is 40.3 Å². The van der Waals surface area contributed by atoms with Crippen molar-refractivity contribution in [3.8, 4) is 11.3 Å². The van der Waals surface area contributed by atoms with Crippen LogP contribution in [0.25, 0.3) is 11.3 Å². The summed E-state index contributed by atoms with van der Waals surface area (Å²) in [4.78, 5) is 26.5. The Hall–Kier alpha value is -2.65. The summed E-state index contributed by atoms with van der Waals surface area (Å²) in [6, 6.07) is 3.94. The van der Waals surface area contributed by atoms with Crippen molar-refractivity contribution in [2.45, 2.75) is 32.0 Å². The average Bonchev–Trinajstić information content (AvgIpc) is 3.07. The zero-order valence-corrected chi connectivity index (χ0v) is 17.3. The van der Waals surface area contributed by atoms with Crippen molar-refractivity contribution in [1.29, 1.82) is 0 Å². The molecule has 2 aromatic rings. The number of rotatable bonds is 5. The van der Waals surface area contributed by atoms with Crippen LogP contribution in [-0.4, -0.2) is 52.9 Å². The number of urea groups is 1. The molecule has 4 rings (SSSR count). The van der Waals surface area contributed by atoms with Gasteiger partial charge in [0.25, 0.3) is 5.91 Å². The summed E-state index contributed by atoms with van der Waals surface area (Å²) >= 11 is 5.89. The van der Waals surface area contributed by atoms with E-state index in [0.29, 0.717) is 42.5 Å². The molecule has 1 fully saturated rings. The number of fused-ring (bicyclic) bond motifs is 1. The Balaban J connectivity index is 1.51. The molecule has 1 aromatic heterocycles. The number of nitrogens with one attached hydrogen (secondary N) is 1. The second-order valence-corrected chi connectivity index (χ2v) is 8.10. The van der Waals surface area contributed by atoms with Crippen LogP contribution in [-0.2, 0) is 17.8 Å². The van der Waals surface area contributed by atoms with E-state index in [1.165, 1.54) is 18.2 Å². The second-order valence-electron chi connectivity index (χ2n) is 7.69. The minimum atomic E-state index is -0.658. The van der Waals surface area contributed by atoms with Gasteiger partial charge >= 0.3 is 6.03 Å². The lowest BCUT2D eigenvalue weighted by molar-refractivity contribution is 0.00201. The number of amides is 3. The maximum atomic E-state index is 13.5. The monoisotopic (exact) mass is 435 g/mol. The number of methoxy groups -OCH3 is 1. The zero-order chi connectivity index (χ0) is 21.4. The van der Waals surface area contributed by atoms with E-state index in [1.54, 1.807) is 16.7 Å². The number of aromatic nitrogens is 2. The Morgan fingerprint density at radius 2 is 2.13 bits per heavy atom. The van der Waals surface area contributed by atoms with Gasteiger partial charge in [0.05, 0.1) is 35.5 Å². The topological polar surface area (TPSA) is 102 Å². The van der Waals surface area contributed by atoms with E-state index < -0.39 is 11.7 Å². The Bertz CT molecular complexity index is 989. The van der Waals surface area contributed by atoms with Gasteiger partial charge in [-0.25, -0.2) is 9.18 Å². The molecule has 2 heterocycles. The fourth-order valence-corrected chi connectivity index (χ4v) is 4.15. The van der Waals surface area contributed by atoms with Crippen LogP contribution in [0, 0.1) is 11.7 Å². The molecule has 3 N–H and O–H groups in total. The smallest absolute Gasteiger partial charge is 0.317 e. The first-order valence-electron chi connectivity index (χ1n) is 9.77. The van der Waals surface area contributed by atoms with Gasteiger partial charge < -0.3 is 20.7 Å².